The molecular weight excluding hydrogens is 244 g/mol. The lowest BCUT2D eigenvalue weighted by atomic mass is 9.49. The van der Waals surface area contributed by atoms with Crippen LogP contribution in [0.1, 0.15) is 40.0 Å². The highest BCUT2D eigenvalue weighted by atomic mass is 16.5. The van der Waals surface area contributed by atoms with Crippen LogP contribution in [0.3, 0.4) is 0 Å². The lowest BCUT2D eigenvalue weighted by molar-refractivity contribution is -0.141. The van der Waals surface area contributed by atoms with Crippen molar-refractivity contribution >= 4 is 5.97 Å². The molecular formula is C15H22O4. The van der Waals surface area contributed by atoms with Crippen LogP contribution in [0.25, 0.3) is 0 Å². The Balaban J connectivity index is 2.18. The van der Waals surface area contributed by atoms with Gasteiger partial charge in [0, 0.05) is 22.5 Å². The summed E-state index contributed by atoms with van der Waals surface area (Å²) in [5.41, 5.74) is 0.787. The van der Waals surface area contributed by atoms with Crippen LogP contribution in [0.4, 0.5) is 0 Å². The van der Waals surface area contributed by atoms with Gasteiger partial charge in [-0.2, -0.15) is 0 Å². The van der Waals surface area contributed by atoms with E-state index in [1.165, 1.54) is 0 Å². The van der Waals surface area contributed by atoms with Gasteiger partial charge in [0.2, 0.25) is 0 Å². The van der Waals surface area contributed by atoms with Gasteiger partial charge < -0.3 is 14.9 Å². The molecule has 0 unspecified atom stereocenters. The molecule has 19 heavy (non-hydrogen) atoms. The van der Waals surface area contributed by atoms with Crippen LogP contribution in [0.2, 0.25) is 0 Å². The second kappa shape index (κ2) is 3.83. The van der Waals surface area contributed by atoms with Crippen molar-refractivity contribution in [2.24, 2.45) is 16.7 Å². The zero-order chi connectivity index (χ0) is 14.0. The molecule has 0 bridgehead atoms. The fraction of sp³-hybridized carbons (Fsp3) is 0.800. The van der Waals surface area contributed by atoms with Crippen molar-refractivity contribution in [3.05, 3.63) is 11.1 Å². The number of fused-ring (bicyclic) bond motifs is 2. The first-order valence-corrected chi connectivity index (χ1v) is 7.06. The Bertz CT molecular complexity index is 465. The molecule has 4 nitrogen and oxygen atoms in total. The average molecular weight is 266 g/mol. The van der Waals surface area contributed by atoms with Gasteiger partial charge in [-0.25, -0.2) is 4.79 Å². The van der Waals surface area contributed by atoms with Crippen molar-refractivity contribution in [3.63, 3.8) is 0 Å². The normalized spacial score (nSPS) is 44.7. The van der Waals surface area contributed by atoms with Crippen LogP contribution in [0.5, 0.6) is 0 Å². The molecule has 1 fully saturated rings. The van der Waals surface area contributed by atoms with Crippen molar-refractivity contribution in [1.82, 2.24) is 0 Å². The Kier molecular flexibility index (Phi) is 2.64. The Morgan fingerprint density at radius 3 is 2.58 bits per heavy atom. The van der Waals surface area contributed by atoms with Crippen LogP contribution in [0, 0.1) is 16.7 Å². The van der Waals surface area contributed by atoms with Crippen LogP contribution < -0.4 is 0 Å². The quantitative estimate of drug-likeness (QED) is 0.651. The summed E-state index contributed by atoms with van der Waals surface area (Å²) in [6.07, 6.45) is 1.14. The first-order valence-electron chi connectivity index (χ1n) is 7.06. The Morgan fingerprint density at radius 2 is 1.89 bits per heavy atom. The zero-order valence-electron chi connectivity index (χ0n) is 11.8. The SMILES string of the molecule is CC1(C)CCC[C@]2(C)C3=C(COC3=O)[C@H](O)[C@@H](O)[C@@H]12. The third-order valence-electron chi connectivity index (χ3n) is 5.52. The third kappa shape index (κ3) is 1.56. The Hall–Kier alpha value is -0.870. The molecule has 0 radical (unpaired) electrons. The minimum Gasteiger partial charge on any atom is -0.458 e. The van der Waals surface area contributed by atoms with Gasteiger partial charge in [-0.1, -0.05) is 27.2 Å². The number of esters is 1. The fourth-order valence-corrected chi connectivity index (χ4v) is 4.84. The van der Waals surface area contributed by atoms with E-state index in [1.54, 1.807) is 0 Å². The molecule has 0 aromatic heterocycles. The summed E-state index contributed by atoms with van der Waals surface area (Å²) in [5.74, 6) is -0.403. The van der Waals surface area contributed by atoms with Crippen LogP contribution in [0.15, 0.2) is 11.1 Å². The number of cyclic esters (lactones) is 1. The highest BCUT2D eigenvalue weighted by molar-refractivity contribution is 5.94. The minimum absolute atomic E-state index is 0.0885. The molecule has 1 heterocycles. The van der Waals surface area contributed by atoms with Crippen molar-refractivity contribution in [1.29, 1.82) is 0 Å². The van der Waals surface area contributed by atoms with E-state index < -0.39 is 12.2 Å². The summed E-state index contributed by atoms with van der Waals surface area (Å²) in [7, 11) is 0. The molecule has 0 aromatic carbocycles. The maximum atomic E-state index is 12.1. The lowest BCUT2D eigenvalue weighted by Crippen LogP contribution is -2.57. The number of aliphatic hydroxyl groups is 2. The number of ether oxygens (including phenoxy) is 1. The van der Waals surface area contributed by atoms with E-state index in [0.29, 0.717) is 11.1 Å². The van der Waals surface area contributed by atoms with E-state index in [4.69, 9.17) is 4.74 Å². The van der Waals surface area contributed by atoms with E-state index in [2.05, 4.69) is 20.8 Å². The summed E-state index contributed by atoms with van der Waals surface area (Å²) in [6, 6.07) is 0. The van der Waals surface area contributed by atoms with Gasteiger partial charge in [0.15, 0.2) is 0 Å². The van der Waals surface area contributed by atoms with Crippen LogP contribution in [-0.2, 0) is 9.53 Å². The molecule has 3 aliphatic rings. The van der Waals surface area contributed by atoms with E-state index >= 15 is 0 Å². The standard InChI is InChI=1S/C15H22O4/c1-14(2)5-4-6-15(3)9-8(7-19-13(9)18)10(16)11(17)12(14)15/h10-12,16-17H,4-7H2,1-3H3/t10-,11+,12-,15+/m0/s1. The summed E-state index contributed by atoms with van der Waals surface area (Å²) >= 11 is 0. The highest BCUT2D eigenvalue weighted by Crippen LogP contribution is 2.60. The van der Waals surface area contributed by atoms with E-state index in [0.717, 1.165) is 19.3 Å². The van der Waals surface area contributed by atoms with Gasteiger partial charge in [-0.3, -0.25) is 0 Å². The van der Waals surface area contributed by atoms with E-state index in [1.807, 2.05) is 0 Å². The molecule has 0 spiro atoms. The predicted octanol–water partition coefficient (Wildman–Crippen LogP) is 1.41. The van der Waals surface area contributed by atoms with Crippen LogP contribution in [-0.4, -0.2) is 35.0 Å². The predicted molar refractivity (Wildman–Crippen MR) is 69.2 cm³/mol. The number of carbonyl (C=O) groups is 1. The maximum absolute atomic E-state index is 12.1. The summed E-state index contributed by atoms with van der Waals surface area (Å²) in [4.78, 5) is 12.1. The second-order valence-corrected chi connectivity index (χ2v) is 7.15. The molecule has 3 rings (SSSR count). The van der Waals surface area contributed by atoms with Gasteiger partial charge in [0.1, 0.15) is 12.7 Å². The number of hydrogen-bond donors (Lipinski definition) is 2. The minimum atomic E-state index is -0.961. The highest BCUT2D eigenvalue weighted by Gasteiger charge is 2.60. The summed E-state index contributed by atoms with van der Waals surface area (Å²) in [6.45, 7) is 6.43. The lowest BCUT2D eigenvalue weighted by Gasteiger charge is -2.56. The molecule has 4 atom stereocenters. The number of aliphatic hydroxyl groups excluding tert-OH is 2. The molecule has 4 heteroatoms. The Morgan fingerprint density at radius 1 is 1.21 bits per heavy atom. The third-order valence-corrected chi connectivity index (χ3v) is 5.52. The molecule has 2 N–H and O–H groups in total. The van der Waals surface area contributed by atoms with Crippen LogP contribution >= 0.6 is 0 Å². The second-order valence-electron chi connectivity index (χ2n) is 7.15. The molecule has 1 saturated carbocycles. The maximum Gasteiger partial charge on any atom is 0.335 e. The van der Waals surface area contributed by atoms with Gasteiger partial charge in [-0.15, -0.1) is 0 Å². The van der Waals surface area contributed by atoms with Gasteiger partial charge >= 0.3 is 5.97 Å². The topological polar surface area (TPSA) is 66.8 Å². The first kappa shape index (κ1) is 13.1. The molecule has 0 aromatic rings. The number of rotatable bonds is 0. The Labute approximate surface area is 113 Å². The van der Waals surface area contributed by atoms with Gasteiger partial charge in [0.05, 0.1) is 6.10 Å². The molecule has 106 valence electrons. The first-order chi connectivity index (χ1) is 8.79. The van der Waals surface area contributed by atoms with E-state index in [-0.39, 0.29) is 29.3 Å². The van der Waals surface area contributed by atoms with Crippen molar-refractivity contribution in [2.45, 2.75) is 52.2 Å². The fourth-order valence-electron chi connectivity index (χ4n) is 4.84. The molecule has 0 amide bonds. The molecule has 2 aliphatic carbocycles. The number of hydrogen-bond acceptors (Lipinski definition) is 4. The summed E-state index contributed by atoms with van der Waals surface area (Å²) in [5, 5.41) is 20.9. The van der Waals surface area contributed by atoms with Crippen molar-refractivity contribution in [2.75, 3.05) is 6.61 Å². The molecule has 0 saturated heterocycles. The zero-order valence-corrected chi connectivity index (χ0v) is 11.8. The van der Waals surface area contributed by atoms with E-state index in [9.17, 15) is 15.0 Å². The van der Waals surface area contributed by atoms with Crippen molar-refractivity contribution in [3.8, 4) is 0 Å². The summed E-state index contributed by atoms with van der Waals surface area (Å²) < 4.78 is 5.12. The van der Waals surface area contributed by atoms with Crippen molar-refractivity contribution < 1.29 is 19.7 Å². The molecule has 1 aliphatic heterocycles. The van der Waals surface area contributed by atoms with Gasteiger partial charge in [-0.05, 0) is 18.3 Å². The largest absolute Gasteiger partial charge is 0.458 e. The van der Waals surface area contributed by atoms with Gasteiger partial charge in [0.25, 0.3) is 0 Å². The number of carbonyl (C=O) groups excluding carboxylic acids is 1. The monoisotopic (exact) mass is 266 g/mol. The smallest absolute Gasteiger partial charge is 0.335 e. The average Bonchev–Trinajstić information content (AvgIpc) is 2.68.